The van der Waals surface area contributed by atoms with E-state index in [2.05, 4.69) is 10.4 Å². The SMILES string of the molecule is COC12CC3CC(CC(NC4=N/C(=C\c5ccc6nn(C)cc6c5)C(=O)N4C)(C3)C1)C2. The molecule has 0 saturated heterocycles. The molecule has 7 rings (SSSR count). The first kappa shape index (κ1) is 19.0. The second kappa shape index (κ2) is 6.42. The topological polar surface area (TPSA) is 71.7 Å². The normalized spacial score (nSPS) is 35.5. The molecule has 7 heteroatoms. The number of amides is 1. The number of aryl methyl sites for hydroxylation is 1. The van der Waals surface area contributed by atoms with E-state index < -0.39 is 0 Å². The van der Waals surface area contributed by atoms with E-state index in [1.165, 1.54) is 19.3 Å². The van der Waals surface area contributed by atoms with Crippen molar-refractivity contribution < 1.29 is 9.53 Å². The Labute approximate surface area is 182 Å². The van der Waals surface area contributed by atoms with Gasteiger partial charge in [-0.15, -0.1) is 0 Å². The van der Waals surface area contributed by atoms with E-state index in [9.17, 15) is 4.79 Å². The second-order valence-electron chi connectivity index (χ2n) is 10.2. The predicted molar refractivity (Wildman–Crippen MR) is 119 cm³/mol. The lowest BCUT2D eigenvalue weighted by Crippen LogP contribution is -2.67. The highest BCUT2D eigenvalue weighted by Crippen LogP contribution is 2.58. The molecule has 4 aliphatic carbocycles. The van der Waals surface area contributed by atoms with E-state index in [1.807, 2.05) is 51.7 Å². The minimum atomic E-state index is -0.0695. The van der Waals surface area contributed by atoms with E-state index in [0.29, 0.717) is 23.5 Å². The van der Waals surface area contributed by atoms with Crippen LogP contribution in [-0.2, 0) is 16.6 Å². The molecule has 4 saturated carbocycles. The van der Waals surface area contributed by atoms with Crippen molar-refractivity contribution in [3.8, 4) is 0 Å². The third-order valence-electron chi connectivity index (χ3n) is 7.83. The van der Waals surface area contributed by atoms with Gasteiger partial charge >= 0.3 is 0 Å². The van der Waals surface area contributed by atoms with Gasteiger partial charge in [-0.05, 0) is 74.1 Å². The number of rotatable bonds is 3. The zero-order chi connectivity index (χ0) is 21.4. The number of aliphatic imine (C=N–C) groups is 1. The molecule has 1 N–H and O–H groups in total. The van der Waals surface area contributed by atoms with Crippen LogP contribution in [0.4, 0.5) is 0 Å². The fraction of sp³-hybridized carbons (Fsp3) is 0.542. The van der Waals surface area contributed by atoms with Gasteiger partial charge in [0.1, 0.15) is 5.70 Å². The van der Waals surface area contributed by atoms with E-state index in [-0.39, 0.29) is 17.0 Å². The number of ether oxygens (including phenoxy) is 1. The van der Waals surface area contributed by atoms with E-state index in [1.54, 1.807) is 9.58 Å². The molecule has 4 bridgehead atoms. The summed E-state index contributed by atoms with van der Waals surface area (Å²) in [6.45, 7) is 0. The summed E-state index contributed by atoms with van der Waals surface area (Å²) >= 11 is 0. The van der Waals surface area contributed by atoms with Crippen molar-refractivity contribution in [2.24, 2.45) is 23.9 Å². The molecule has 1 aromatic heterocycles. The fourth-order valence-corrected chi connectivity index (χ4v) is 6.93. The molecule has 0 spiro atoms. The summed E-state index contributed by atoms with van der Waals surface area (Å²) in [7, 11) is 5.59. The van der Waals surface area contributed by atoms with E-state index >= 15 is 0 Å². The number of hydrogen-bond donors (Lipinski definition) is 1. The van der Waals surface area contributed by atoms with Crippen molar-refractivity contribution in [3.05, 3.63) is 35.7 Å². The molecular weight excluding hydrogens is 390 g/mol. The van der Waals surface area contributed by atoms with Gasteiger partial charge in [0.2, 0.25) is 5.96 Å². The molecule has 2 unspecified atom stereocenters. The molecule has 31 heavy (non-hydrogen) atoms. The Hall–Kier alpha value is -2.67. The summed E-state index contributed by atoms with van der Waals surface area (Å²) in [6.07, 6.45) is 10.8. The minimum absolute atomic E-state index is 0.00335. The van der Waals surface area contributed by atoms with Crippen molar-refractivity contribution in [2.45, 2.75) is 49.7 Å². The maximum absolute atomic E-state index is 13.0. The summed E-state index contributed by atoms with van der Waals surface area (Å²) in [5.74, 6) is 2.02. The van der Waals surface area contributed by atoms with Crippen molar-refractivity contribution in [3.63, 3.8) is 0 Å². The molecular formula is C24H29N5O2. The smallest absolute Gasteiger partial charge is 0.279 e. The van der Waals surface area contributed by atoms with Crippen LogP contribution >= 0.6 is 0 Å². The Morgan fingerprint density at radius 1 is 1.19 bits per heavy atom. The maximum atomic E-state index is 13.0. The van der Waals surface area contributed by atoms with Crippen molar-refractivity contribution in [2.75, 3.05) is 14.2 Å². The number of hydrogen-bond acceptors (Lipinski definition) is 5. The molecule has 2 atom stereocenters. The van der Waals surface area contributed by atoms with Gasteiger partial charge in [0, 0.05) is 38.3 Å². The van der Waals surface area contributed by atoms with Gasteiger partial charge in [0.25, 0.3) is 5.91 Å². The quantitative estimate of drug-likeness (QED) is 0.776. The van der Waals surface area contributed by atoms with Gasteiger partial charge in [-0.25, -0.2) is 4.99 Å². The Morgan fingerprint density at radius 2 is 1.97 bits per heavy atom. The number of aromatic nitrogens is 2. The zero-order valence-corrected chi connectivity index (χ0v) is 18.4. The Kier molecular flexibility index (Phi) is 3.94. The van der Waals surface area contributed by atoms with Gasteiger partial charge < -0.3 is 10.1 Å². The van der Waals surface area contributed by atoms with Crippen LogP contribution in [-0.4, -0.2) is 51.8 Å². The largest absolute Gasteiger partial charge is 0.378 e. The number of carbonyl (C=O) groups excluding carboxylic acids is 1. The number of fused-ring (bicyclic) bond motifs is 1. The van der Waals surface area contributed by atoms with Crippen molar-refractivity contribution in [1.82, 2.24) is 20.0 Å². The first-order valence-electron chi connectivity index (χ1n) is 11.2. The Morgan fingerprint density at radius 3 is 2.71 bits per heavy atom. The van der Waals surface area contributed by atoms with Crippen LogP contribution in [0.5, 0.6) is 0 Å². The molecule has 5 aliphatic rings. The molecule has 4 fully saturated rings. The number of carbonyl (C=O) groups is 1. The average molecular weight is 420 g/mol. The highest BCUT2D eigenvalue weighted by Gasteiger charge is 2.58. The number of likely N-dealkylation sites (N-methyl/N-ethyl adjacent to an activating group) is 1. The van der Waals surface area contributed by atoms with Gasteiger partial charge in [-0.2, -0.15) is 5.10 Å². The summed E-state index contributed by atoms with van der Waals surface area (Å²) in [5, 5.41) is 9.20. The van der Waals surface area contributed by atoms with Gasteiger partial charge in [-0.3, -0.25) is 14.4 Å². The van der Waals surface area contributed by atoms with Crippen LogP contribution in [0.3, 0.4) is 0 Å². The Balaban J connectivity index is 1.30. The number of nitrogens with zero attached hydrogens (tertiary/aromatic N) is 4. The Bertz CT molecular complexity index is 1130. The van der Waals surface area contributed by atoms with Crippen LogP contribution in [0.25, 0.3) is 17.0 Å². The standard InChI is InChI=1S/C24H29N5O2/c1-28-13-18-7-15(4-5-19(18)27-28)8-20-21(30)29(2)22(25-20)26-23-9-16-6-17(10-23)12-24(11-16,14-23)31-3/h4-5,7-8,13,16-17H,6,9-12,14H2,1-3H3,(H,25,26)/b20-8-. The summed E-state index contributed by atoms with van der Waals surface area (Å²) in [5.41, 5.74) is 2.35. The first-order valence-corrected chi connectivity index (χ1v) is 11.2. The summed E-state index contributed by atoms with van der Waals surface area (Å²) < 4.78 is 7.85. The van der Waals surface area contributed by atoms with Gasteiger partial charge in [0.05, 0.1) is 11.1 Å². The van der Waals surface area contributed by atoms with Crippen molar-refractivity contribution >= 4 is 28.8 Å². The number of methoxy groups -OCH3 is 1. The summed E-state index contributed by atoms with van der Waals surface area (Å²) in [4.78, 5) is 19.4. The third kappa shape index (κ3) is 3.01. The number of benzene rings is 1. The lowest BCUT2D eigenvalue weighted by Gasteiger charge is -2.61. The van der Waals surface area contributed by atoms with Crippen LogP contribution in [0, 0.1) is 11.8 Å². The number of nitrogens with one attached hydrogen (secondary N) is 1. The molecule has 2 aromatic rings. The predicted octanol–water partition coefficient (Wildman–Crippen LogP) is 3.07. The zero-order valence-electron chi connectivity index (χ0n) is 18.4. The molecule has 1 aliphatic heterocycles. The van der Waals surface area contributed by atoms with Crippen LogP contribution in [0.1, 0.15) is 44.1 Å². The number of guanidine groups is 1. The monoisotopic (exact) mass is 419 g/mol. The highest BCUT2D eigenvalue weighted by atomic mass is 16.5. The maximum Gasteiger partial charge on any atom is 0.279 e. The van der Waals surface area contributed by atoms with Crippen LogP contribution in [0.2, 0.25) is 0 Å². The molecule has 2 heterocycles. The molecule has 162 valence electrons. The minimum Gasteiger partial charge on any atom is -0.378 e. The van der Waals surface area contributed by atoms with Crippen LogP contribution in [0.15, 0.2) is 35.1 Å². The lowest BCUT2D eigenvalue weighted by molar-refractivity contribution is -0.157. The molecule has 1 aromatic carbocycles. The molecule has 0 radical (unpaired) electrons. The third-order valence-corrected chi connectivity index (χ3v) is 7.83. The van der Waals surface area contributed by atoms with Crippen LogP contribution < -0.4 is 5.32 Å². The first-order chi connectivity index (χ1) is 14.9. The van der Waals surface area contributed by atoms with Gasteiger partial charge in [0.15, 0.2) is 0 Å². The van der Waals surface area contributed by atoms with Crippen molar-refractivity contribution in [1.29, 1.82) is 0 Å². The summed E-state index contributed by atoms with van der Waals surface area (Å²) in [6, 6.07) is 6.01. The van der Waals surface area contributed by atoms with Gasteiger partial charge in [-0.1, -0.05) is 6.07 Å². The molecule has 7 nitrogen and oxygen atoms in total. The average Bonchev–Trinajstić information content (AvgIpc) is 3.20. The van der Waals surface area contributed by atoms with E-state index in [0.717, 1.165) is 35.7 Å². The second-order valence-corrected chi connectivity index (χ2v) is 10.2. The highest BCUT2D eigenvalue weighted by molar-refractivity contribution is 6.13. The lowest BCUT2D eigenvalue weighted by atomic mass is 9.51. The fourth-order valence-electron chi connectivity index (χ4n) is 6.93. The van der Waals surface area contributed by atoms with E-state index in [4.69, 9.17) is 9.73 Å². The molecule has 1 amide bonds.